The Kier molecular flexibility index (Phi) is 5.77. The zero-order chi connectivity index (χ0) is 10.3. The Bertz CT molecular complexity index is 225. The van der Waals surface area contributed by atoms with Gasteiger partial charge >= 0.3 is 0 Å². The van der Waals surface area contributed by atoms with Crippen LogP contribution in [0.1, 0.15) is 0 Å². The molecule has 76 valence electrons. The standard InChI is InChI=1S/C6H11O6P/c1-11-13(9,10)12-5-6(8)3-2-4-7/h2-4,6,8H,5H2,1H3,(H,9,10)/p-1/b3-2+. The van der Waals surface area contributed by atoms with Crippen LogP contribution in [0, 0.1) is 0 Å². The maximum Gasteiger partial charge on any atom is 0.267 e. The maximum atomic E-state index is 10.6. The molecule has 0 bridgehead atoms. The van der Waals surface area contributed by atoms with Gasteiger partial charge in [0.15, 0.2) is 0 Å². The molecule has 0 spiro atoms. The lowest BCUT2D eigenvalue weighted by molar-refractivity contribution is -0.224. The van der Waals surface area contributed by atoms with Gasteiger partial charge in [-0.15, -0.1) is 0 Å². The molecule has 0 aromatic rings. The number of phosphoric acid groups is 1. The number of carbonyl (C=O) groups is 1. The number of allylic oxidation sites excluding steroid dienone is 1. The first-order valence-corrected chi connectivity index (χ1v) is 4.79. The summed E-state index contributed by atoms with van der Waals surface area (Å²) >= 11 is 0. The summed E-state index contributed by atoms with van der Waals surface area (Å²) in [5.74, 6) is 0. The van der Waals surface area contributed by atoms with Gasteiger partial charge in [0, 0.05) is 7.11 Å². The number of aliphatic hydroxyl groups is 1. The molecule has 0 saturated heterocycles. The molecule has 0 saturated carbocycles. The fourth-order valence-electron chi connectivity index (χ4n) is 0.450. The molecule has 0 aliphatic rings. The first-order chi connectivity index (χ1) is 6.02. The van der Waals surface area contributed by atoms with Crippen LogP contribution >= 0.6 is 7.82 Å². The van der Waals surface area contributed by atoms with Gasteiger partial charge in [-0.1, -0.05) is 6.08 Å². The van der Waals surface area contributed by atoms with E-state index in [1.807, 2.05) is 0 Å². The number of hydrogen-bond acceptors (Lipinski definition) is 6. The monoisotopic (exact) mass is 209 g/mol. The minimum absolute atomic E-state index is 0.455. The van der Waals surface area contributed by atoms with Crippen LogP contribution in [-0.2, 0) is 18.4 Å². The molecule has 0 rings (SSSR count). The summed E-state index contributed by atoms with van der Waals surface area (Å²) in [5.41, 5.74) is 0. The van der Waals surface area contributed by atoms with Gasteiger partial charge < -0.3 is 19.0 Å². The smallest absolute Gasteiger partial charge is 0.267 e. The summed E-state index contributed by atoms with van der Waals surface area (Å²) in [6.07, 6.45) is 1.44. The van der Waals surface area contributed by atoms with Crippen LogP contribution in [0.5, 0.6) is 0 Å². The van der Waals surface area contributed by atoms with Crippen molar-refractivity contribution in [3.05, 3.63) is 12.2 Å². The van der Waals surface area contributed by atoms with Crippen LogP contribution in [0.2, 0.25) is 0 Å². The summed E-state index contributed by atoms with van der Waals surface area (Å²) in [4.78, 5) is 20.3. The molecule has 0 aliphatic heterocycles. The number of hydrogen-bond donors (Lipinski definition) is 1. The molecule has 0 aromatic carbocycles. The van der Waals surface area contributed by atoms with Crippen LogP contribution in [0.15, 0.2) is 12.2 Å². The molecule has 0 radical (unpaired) electrons. The van der Waals surface area contributed by atoms with Crippen molar-refractivity contribution >= 4 is 14.1 Å². The van der Waals surface area contributed by atoms with Crippen molar-refractivity contribution in [1.82, 2.24) is 0 Å². The first kappa shape index (κ1) is 12.5. The molecular weight excluding hydrogens is 199 g/mol. The maximum absolute atomic E-state index is 10.6. The molecule has 7 heteroatoms. The average molecular weight is 209 g/mol. The third kappa shape index (κ3) is 6.62. The van der Waals surface area contributed by atoms with Gasteiger partial charge in [-0.3, -0.25) is 9.36 Å². The highest BCUT2D eigenvalue weighted by molar-refractivity contribution is 7.45. The van der Waals surface area contributed by atoms with Gasteiger partial charge in [0.25, 0.3) is 7.82 Å². The molecule has 6 nitrogen and oxygen atoms in total. The Labute approximate surface area is 75.4 Å². The van der Waals surface area contributed by atoms with Gasteiger partial charge in [-0.2, -0.15) is 0 Å². The fourth-order valence-corrected chi connectivity index (χ4v) is 0.890. The molecule has 0 heterocycles. The Morgan fingerprint density at radius 1 is 1.69 bits per heavy atom. The Hall–Kier alpha value is -0.520. The van der Waals surface area contributed by atoms with Crippen LogP contribution in [-0.4, -0.2) is 31.2 Å². The van der Waals surface area contributed by atoms with Gasteiger partial charge in [-0.25, -0.2) is 0 Å². The third-order valence-corrected chi connectivity index (χ3v) is 1.95. The first-order valence-electron chi connectivity index (χ1n) is 3.33. The largest absolute Gasteiger partial charge is 0.756 e. The Balaban J connectivity index is 3.82. The predicted octanol–water partition coefficient (Wildman–Crippen LogP) is -0.766. The van der Waals surface area contributed by atoms with Crippen LogP contribution in [0.3, 0.4) is 0 Å². The second-order valence-corrected chi connectivity index (χ2v) is 3.53. The Morgan fingerprint density at radius 2 is 2.31 bits per heavy atom. The molecule has 0 aromatic heterocycles. The zero-order valence-corrected chi connectivity index (χ0v) is 7.85. The van der Waals surface area contributed by atoms with E-state index >= 15 is 0 Å². The highest BCUT2D eigenvalue weighted by Gasteiger charge is 2.08. The van der Waals surface area contributed by atoms with E-state index < -0.39 is 20.5 Å². The molecule has 1 N–H and O–H groups in total. The van der Waals surface area contributed by atoms with Gasteiger partial charge in [0.1, 0.15) is 6.29 Å². The molecule has 0 fully saturated rings. The molecule has 0 amide bonds. The van der Waals surface area contributed by atoms with Crippen LogP contribution in [0.25, 0.3) is 0 Å². The lowest BCUT2D eigenvalue weighted by atomic mass is 10.3. The lowest BCUT2D eigenvalue weighted by Gasteiger charge is -2.20. The summed E-state index contributed by atoms with van der Waals surface area (Å²) in [7, 11) is -3.35. The van der Waals surface area contributed by atoms with Crippen molar-refractivity contribution in [3.8, 4) is 0 Å². The van der Waals surface area contributed by atoms with E-state index in [-0.39, 0.29) is 0 Å². The second kappa shape index (κ2) is 6.01. The molecule has 2 unspecified atom stereocenters. The average Bonchev–Trinajstić information content (AvgIpc) is 2.11. The van der Waals surface area contributed by atoms with Crippen LogP contribution < -0.4 is 4.89 Å². The van der Waals surface area contributed by atoms with Gasteiger partial charge in [-0.05, 0) is 6.08 Å². The molecule has 2 atom stereocenters. The highest BCUT2D eigenvalue weighted by atomic mass is 31.2. The van der Waals surface area contributed by atoms with Gasteiger partial charge in [0.2, 0.25) is 0 Å². The van der Waals surface area contributed by atoms with Crippen LogP contribution in [0.4, 0.5) is 0 Å². The predicted molar refractivity (Wildman–Crippen MR) is 41.8 cm³/mol. The van der Waals surface area contributed by atoms with Crippen molar-refractivity contribution < 1.29 is 28.4 Å². The fraction of sp³-hybridized carbons (Fsp3) is 0.500. The topological polar surface area (TPSA) is 95.9 Å². The van der Waals surface area contributed by atoms with E-state index in [9.17, 15) is 14.3 Å². The highest BCUT2D eigenvalue weighted by Crippen LogP contribution is 2.36. The van der Waals surface area contributed by atoms with Crippen molar-refractivity contribution in [2.45, 2.75) is 6.10 Å². The number of carbonyl (C=O) groups excluding carboxylic acids is 1. The molecular formula is C6H10O6P-. The lowest BCUT2D eigenvalue weighted by Crippen LogP contribution is -2.15. The van der Waals surface area contributed by atoms with Crippen molar-refractivity contribution in [2.75, 3.05) is 13.7 Å². The zero-order valence-electron chi connectivity index (χ0n) is 6.95. The van der Waals surface area contributed by atoms with Crippen molar-refractivity contribution in [1.29, 1.82) is 0 Å². The summed E-state index contributed by atoms with van der Waals surface area (Å²) < 4.78 is 18.7. The number of aldehydes is 1. The number of rotatable bonds is 6. The van der Waals surface area contributed by atoms with Gasteiger partial charge in [0.05, 0.1) is 12.7 Å². The van der Waals surface area contributed by atoms with E-state index in [1.54, 1.807) is 0 Å². The summed E-state index contributed by atoms with van der Waals surface area (Å²) in [5, 5.41) is 8.95. The minimum atomic E-state index is -4.29. The summed E-state index contributed by atoms with van der Waals surface area (Å²) in [6.45, 7) is -0.473. The number of phosphoric ester groups is 1. The van der Waals surface area contributed by atoms with Crippen molar-refractivity contribution in [2.24, 2.45) is 0 Å². The number of aliphatic hydroxyl groups excluding tert-OH is 1. The second-order valence-electron chi connectivity index (χ2n) is 2.01. The SMILES string of the molecule is COP(=O)([O-])OCC(O)/C=C/C=O. The van der Waals surface area contributed by atoms with E-state index in [0.717, 1.165) is 19.3 Å². The normalized spacial score (nSPS) is 18.4. The molecule has 0 aliphatic carbocycles. The Morgan fingerprint density at radius 3 is 2.77 bits per heavy atom. The minimum Gasteiger partial charge on any atom is -0.756 e. The van der Waals surface area contributed by atoms with E-state index in [2.05, 4.69) is 9.05 Å². The quantitative estimate of drug-likeness (QED) is 0.350. The van der Waals surface area contributed by atoms with Crippen molar-refractivity contribution in [3.63, 3.8) is 0 Å². The van der Waals surface area contributed by atoms with E-state index in [0.29, 0.717) is 6.29 Å². The van der Waals surface area contributed by atoms with E-state index in [4.69, 9.17) is 5.11 Å². The summed E-state index contributed by atoms with van der Waals surface area (Å²) in [6, 6.07) is 0. The third-order valence-electron chi connectivity index (χ3n) is 1.04. The van der Waals surface area contributed by atoms with E-state index in [1.165, 1.54) is 0 Å². The molecule has 13 heavy (non-hydrogen) atoms.